The van der Waals surface area contributed by atoms with E-state index in [1.807, 2.05) is 20.8 Å². The van der Waals surface area contributed by atoms with E-state index < -0.39 is 0 Å². The van der Waals surface area contributed by atoms with Gasteiger partial charge in [-0.3, -0.25) is 9.59 Å². The van der Waals surface area contributed by atoms with Crippen LogP contribution in [0.3, 0.4) is 0 Å². The Kier molecular flexibility index (Phi) is 6.09. The molecule has 0 radical (unpaired) electrons. The summed E-state index contributed by atoms with van der Waals surface area (Å²) in [5, 5.41) is 0. The number of aromatic amines is 1. The number of pyridine rings is 1. The van der Waals surface area contributed by atoms with Crippen LogP contribution in [0.4, 0.5) is 5.82 Å². The minimum absolute atomic E-state index is 0.196. The number of ether oxygens (including phenoxy) is 1. The number of carbonyl (C=O) groups is 1. The number of hydrogen-bond acceptors (Lipinski definition) is 6. The summed E-state index contributed by atoms with van der Waals surface area (Å²) in [5.74, 6) is 1.88. The van der Waals surface area contributed by atoms with E-state index in [4.69, 9.17) is 14.7 Å². The molecule has 2 saturated heterocycles. The zero-order chi connectivity index (χ0) is 22.1. The van der Waals surface area contributed by atoms with Crippen molar-refractivity contribution in [1.29, 1.82) is 0 Å². The molecule has 4 rings (SSSR count). The fraction of sp³-hybridized carbons (Fsp3) is 0.565. The van der Waals surface area contributed by atoms with E-state index >= 15 is 0 Å². The molecule has 2 fully saturated rings. The Balaban J connectivity index is 1.49. The highest BCUT2D eigenvalue weighted by molar-refractivity contribution is 5.94. The molecule has 2 aliphatic rings. The van der Waals surface area contributed by atoms with Gasteiger partial charge in [0.2, 0.25) is 0 Å². The lowest BCUT2D eigenvalue weighted by atomic mass is 9.95. The van der Waals surface area contributed by atoms with E-state index in [0.717, 1.165) is 73.3 Å². The maximum absolute atomic E-state index is 12.9. The molecular weight excluding hydrogens is 394 g/mol. The van der Waals surface area contributed by atoms with Crippen molar-refractivity contribution in [3.05, 3.63) is 50.3 Å². The third-order valence-electron chi connectivity index (χ3n) is 6.57. The maximum Gasteiger partial charge on any atom is 0.261 e. The van der Waals surface area contributed by atoms with Crippen LogP contribution in [0.15, 0.2) is 10.9 Å². The van der Waals surface area contributed by atoms with E-state index in [-0.39, 0.29) is 22.9 Å². The van der Waals surface area contributed by atoms with Crippen LogP contribution >= 0.6 is 0 Å². The Morgan fingerprint density at radius 1 is 1.06 bits per heavy atom. The minimum Gasteiger partial charge on any atom is -0.378 e. The molecule has 2 aliphatic heterocycles. The number of aryl methyl sites for hydroxylation is 3. The highest BCUT2D eigenvalue weighted by atomic mass is 16.5. The number of aromatic nitrogens is 3. The SMILES string of the molecule is Cc1cc(C(=O)N2CCC(c3nc(C)c(C)c(N4CCOCC4)n3)CC2)c(=O)[nH]c1C. The van der Waals surface area contributed by atoms with Crippen LogP contribution in [0.5, 0.6) is 0 Å². The minimum atomic E-state index is -0.317. The molecule has 0 bridgehead atoms. The van der Waals surface area contributed by atoms with Crippen molar-refractivity contribution in [3.63, 3.8) is 0 Å². The zero-order valence-corrected chi connectivity index (χ0v) is 18.8. The predicted molar refractivity (Wildman–Crippen MR) is 119 cm³/mol. The van der Waals surface area contributed by atoms with Gasteiger partial charge < -0.3 is 19.5 Å². The van der Waals surface area contributed by atoms with Gasteiger partial charge in [0.05, 0.1) is 13.2 Å². The van der Waals surface area contributed by atoms with Gasteiger partial charge in [0.1, 0.15) is 17.2 Å². The first-order valence-corrected chi connectivity index (χ1v) is 11.0. The van der Waals surface area contributed by atoms with Crippen LogP contribution in [-0.4, -0.2) is 65.2 Å². The van der Waals surface area contributed by atoms with Crippen molar-refractivity contribution in [2.24, 2.45) is 0 Å². The predicted octanol–water partition coefficient (Wildman–Crippen LogP) is 2.25. The number of carbonyl (C=O) groups excluding carboxylic acids is 1. The lowest BCUT2D eigenvalue weighted by molar-refractivity contribution is 0.0709. The third-order valence-corrected chi connectivity index (χ3v) is 6.57. The number of H-pyrrole nitrogens is 1. The van der Waals surface area contributed by atoms with E-state index in [9.17, 15) is 9.59 Å². The van der Waals surface area contributed by atoms with Crippen molar-refractivity contribution in [2.75, 3.05) is 44.3 Å². The third kappa shape index (κ3) is 4.35. The second-order valence-corrected chi connectivity index (χ2v) is 8.60. The lowest BCUT2D eigenvalue weighted by Gasteiger charge is -2.33. The smallest absolute Gasteiger partial charge is 0.261 e. The molecule has 2 aromatic heterocycles. The Bertz CT molecular complexity index is 1030. The number of amides is 1. The largest absolute Gasteiger partial charge is 0.378 e. The number of anilines is 1. The van der Waals surface area contributed by atoms with Gasteiger partial charge >= 0.3 is 0 Å². The number of rotatable bonds is 3. The summed E-state index contributed by atoms with van der Waals surface area (Å²) in [6.07, 6.45) is 1.58. The Hall–Kier alpha value is -2.74. The van der Waals surface area contributed by atoms with Crippen molar-refractivity contribution >= 4 is 11.7 Å². The summed E-state index contributed by atoms with van der Waals surface area (Å²) in [4.78, 5) is 41.8. The summed E-state index contributed by atoms with van der Waals surface area (Å²) in [7, 11) is 0. The topological polar surface area (TPSA) is 91.4 Å². The van der Waals surface area contributed by atoms with Gasteiger partial charge in [0, 0.05) is 49.0 Å². The van der Waals surface area contributed by atoms with Crippen molar-refractivity contribution < 1.29 is 9.53 Å². The lowest BCUT2D eigenvalue weighted by Crippen LogP contribution is -2.41. The van der Waals surface area contributed by atoms with E-state index in [1.165, 1.54) is 0 Å². The molecule has 166 valence electrons. The second-order valence-electron chi connectivity index (χ2n) is 8.60. The van der Waals surface area contributed by atoms with Crippen molar-refractivity contribution in [1.82, 2.24) is 19.9 Å². The van der Waals surface area contributed by atoms with E-state index in [2.05, 4.69) is 16.8 Å². The molecule has 2 aromatic rings. The highest BCUT2D eigenvalue weighted by Gasteiger charge is 2.29. The van der Waals surface area contributed by atoms with Crippen LogP contribution in [0.2, 0.25) is 0 Å². The van der Waals surface area contributed by atoms with Gasteiger partial charge in [-0.05, 0) is 52.2 Å². The average molecular weight is 426 g/mol. The van der Waals surface area contributed by atoms with Crippen LogP contribution in [-0.2, 0) is 4.74 Å². The van der Waals surface area contributed by atoms with Gasteiger partial charge in [-0.15, -0.1) is 0 Å². The normalized spacial score (nSPS) is 17.8. The summed E-state index contributed by atoms with van der Waals surface area (Å²) >= 11 is 0. The number of nitrogens with zero attached hydrogens (tertiary/aromatic N) is 4. The summed E-state index contributed by atoms with van der Waals surface area (Å²) < 4.78 is 5.48. The van der Waals surface area contributed by atoms with E-state index in [0.29, 0.717) is 13.1 Å². The van der Waals surface area contributed by atoms with Crippen LogP contribution < -0.4 is 10.5 Å². The standard InChI is InChI=1S/C23H31N5O3/c1-14-13-19(22(29)25-16(14)3)23(30)28-7-5-18(6-8-28)20-24-17(4)15(2)21(26-20)27-9-11-31-12-10-27/h13,18H,5-12H2,1-4H3,(H,25,29). The Morgan fingerprint density at radius 2 is 1.74 bits per heavy atom. The van der Waals surface area contributed by atoms with Gasteiger partial charge in [0.15, 0.2) is 0 Å². The van der Waals surface area contributed by atoms with Crippen LogP contribution in [0, 0.1) is 27.7 Å². The highest BCUT2D eigenvalue weighted by Crippen LogP contribution is 2.30. The molecule has 4 heterocycles. The number of nitrogens with one attached hydrogen (secondary N) is 1. The maximum atomic E-state index is 12.9. The Labute approximate surface area is 182 Å². The van der Waals surface area contributed by atoms with Crippen molar-refractivity contribution in [2.45, 2.75) is 46.5 Å². The summed E-state index contributed by atoms with van der Waals surface area (Å²) in [6, 6.07) is 1.70. The van der Waals surface area contributed by atoms with Gasteiger partial charge in [-0.2, -0.15) is 0 Å². The Morgan fingerprint density at radius 3 is 2.42 bits per heavy atom. The molecule has 0 unspecified atom stereocenters. The van der Waals surface area contributed by atoms with Crippen LogP contribution in [0.1, 0.15) is 57.5 Å². The number of hydrogen-bond donors (Lipinski definition) is 1. The number of piperidine rings is 1. The molecule has 0 spiro atoms. The first kappa shape index (κ1) is 21.5. The van der Waals surface area contributed by atoms with E-state index in [1.54, 1.807) is 11.0 Å². The average Bonchev–Trinajstić information content (AvgIpc) is 2.78. The quantitative estimate of drug-likeness (QED) is 0.811. The van der Waals surface area contributed by atoms with Gasteiger partial charge in [-0.25, -0.2) is 9.97 Å². The molecule has 1 amide bonds. The zero-order valence-electron chi connectivity index (χ0n) is 18.8. The van der Waals surface area contributed by atoms with Gasteiger partial charge in [-0.1, -0.05) is 0 Å². The monoisotopic (exact) mass is 425 g/mol. The van der Waals surface area contributed by atoms with Crippen molar-refractivity contribution in [3.8, 4) is 0 Å². The second kappa shape index (κ2) is 8.78. The fourth-order valence-corrected chi connectivity index (χ4v) is 4.30. The van der Waals surface area contributed by atoms with Crippen LogP contribution in [0.25, 0.3) is 0 Å². The first-order chi connectivity index (χ1) is 14.8. The summed E-state index contributed by atoms with van der Waals surface area (Å²) in [5.41, 5.74) is 3.74. The molecule has 0 saturated carbocycles. The first-order valence-electron chi connectivity index (χ1n) is 11.0. The molecular formula is C23H31N5O3. The molecule has 31 heavy (non-hydrogen) atoms. The molecule has 8 nitrogen and oxygen atoms in total. The van der Waals surface area contributed by atoms with Gasteiger partial charge in [0.25, 0.3) is 11.5 Å². The fourth-order valence-electron chi connectivity index (χ4n) is 4.30. The molecule has 0 atom stereocenters. The molecule has 8 heteroatoms. The number of likely N-dealkylation sites (tertiary alicyclic amines) is 1. The molecule has 0 aliphatic carbocycles. The molecule has 0 aromatic carbocycles. The number of morpholine rings is 1. The summed E-state index contributed by atoms with van der Waals surface area (Å²) in [6.45, 7) is 12.2. The molecule has 1 N–H and O–H groups in total.